The number of halogens is 3. The van der Waals surface area contributed by atoms with Gasteiger partial charge in [0.15, 0.2) is 0 Å². The zero-order valence-corrected chi connectivity index (χ0v) is 8.32. The number of hydrogen-bond acceptors (Lipinski definition) is 3. The van der Waals surface area contributed by atoms with Crippen LogP contribution in [0, 0.1) is 0 Å². The van der Waals surface area contributed by atoms with Gasteiger partial charge in [-0.15, -0.1) is 0 Å². The van der Waals surface area contributed by atoms with Crippen molar-refractivity contribution in [1.29, 1.82) is 0 Å². The Balaban J connectivity index is 4.27. The molecule has 0 spiro atoms. The second-order valence-corrected chi connectivity index (χ2v) is 4.15. The molecule has 3 N–H and O–H groups in total. The van der Waals surface area contributed by atoms with Crippen LogP contribution in [0.15, 0.2) is 0 Å². The molecule has 0 aromatic rings. The molecule has 0 heterocycles. The maximum atomic E-state index is 11.6. The van der Waals surface area contributed by atoms with Crippen LogP contribution in [0.4, 0.5) is 13.2 Å². The van der Waals surface area contributed by atoms with Crippen LogP contribution in [0.3, 0.4) is 0 Å². The van der Waals surface area contributed by atoms with Crippen molar-refractivity contribution in [2.45, 2.75) is 19.1 Å². The Bertz CT molecular complexity index is 326. The smallest absolute Gasteiger partial charge is 0.402 e. The minimum absolute atomic E-state index is 0.981. The number of carboxylic acid groups (broad SMARTS) is 1. The predicted octanol–water partition coefficient (Wildman–Crippen LogP) is -0.554. The number of carbonyl (C=O) groups is 1. The fraction of sp³-hybridized carbons (Fsp3) is 0.800. The van der Waals surface area contributed by atoms with Crippen LogP contribution >= 0.6 is 0 Å². The summed E-state index contributed by atoms with van der Waals surface area (Å²) < 4.78 is 59.1. The molecule has 0 amide bonds. The van der Waals surface area contributed by atoms with E-state index in [0.717, 1.165) is 11.6 Å². The van der Waals surface area contributed by atoms with Crippen LogP contribution in [-0.4, -0.2) is 38.3 Å². The topological polar surface area (TPSA) is 95.5 Å². The standard InChI is InChI=1S/C5H9F3N2O4S/c1-3(4(11)12)10-15(13,14)9-2-5(6,7)8/h3,9-10H,2H2,1H3,(H,11,12). The summed E-state index contributed by atoms with van der Waals surface area (Å²) in [5.74, 6) is -1.49. The lowest BCUT2D eigenvalue weighted by Crippen LogP contribution is -2.47. The number of nitrogens with one attached hydrogen (secondary N) is 2. The van der Waals surface area contributed by atoms with Crippen LogP contribution in [0.25, 0.3) is 0 Å². The van der Waals surface area contributed by atoms with Crippen LogP contribution in [0.5, 0.6) is 0 Å². The maximum Gasteiger partial charge on any atom is 0.402 e. The summed E-state index contributed by atoms with van der Waals surface area (Å²) in [6, 6.07) is -1.50. The van der Waals surface area contributed by atoms with Gasteiger partial charge in [-0.3, -0.25) is 4.79 Å². The van der Waals surface area contributed by atoms with Crippen LogP contribution < -0.4 is 9.44 Å². The Labute approximate surface area is 83.6 Å². The lowest BCUT2D eigenvalue weighted by Gasteiger charge is -2.12. The molecule has 0 aromatic heterocycles. The maximum absolute atomic E-state index is 11.6. The fourth-order valence-electron chi connectivity index (χ4n) is 0.502. The van der Waals surface area contributed by atoms with Gasteiger partial charge in [-0.2, -0.15) is 31.0 Å². The van der Waals surface area contributed by atoms with Crippen molar-refractivity contribution in [3.05, 3.63) is 0 Å². The van der Waals surface area contributed by atoms with Crippen LogP contribution in [-0.2, 0) is 15.0 Å². The molecule has 1 unspecified atom stereocenters. The molecule has 0 bridgehead atoms. The van der Waals surface area contributed by atoms with Gasteiger partial charge in [0, 0.05) is 0 Å². The van der Waals surface area contributed by atoms with Gasteiger partial charge in [0.25, 0.3) is 10.2 Å². The SMILES string of the molecule is CC(NS(=O)(=O)NCC(F)(F)F)C(=O)O. The molecule has 0 aliphatic rings. The number of alkyl halides is 3. The lowest BCUT2D eigenvalue weighted by molar-refractivity contribution is -0.138. The first-order valence-corrected chi connectivity index (χ1v) is 5.08. The quantitative estimate of drug-likeness (QED) is 0.609. The molecule has 0 radical (unpaired) electrons. The van der Waals surface area contributed by atoms with E-state index in [-0.39, 0.29) is 0 Å². The van der Waals surface area contributed by atoms with Crippen LogP contribution in [0.1, 0.15) is 6.92 Å². The summed E-state index contributed by atoms with van der Waals surface area (Å²) in [7, 11) is -4.46. The molecule has 0 rings (SSSR count). The van der Waals surface area contributed by atoms with Gasteiger partial charge in [0.1, 0.15) is 12.6 Å². The molecule has 0 aliphatic heterocycles. The summed E-state index contributed by atoms with van der Waals surface area (Å²) in [4.78, 5) is 10.2. The highest BCUT2D eigenvalue weighted by atomic mass is 32.2. The van der Waals surface area contributed by atoms with Gasteiger partial charge < -0.3 is 5.11 Å². The minimum atomic E-state index is -4.69. The van der Waals surface area contributed by atoms with Crippen molar-refractivity contribution < 1.29 is 31.5 Å². The molecule has 0 aliphatic carbocycles. The monoisotopic (exact) mass is 250 g/mol. The minimum Gasteiger partial charge on any atom is -0.480 e. The second kappa shape index (κ2) is 4.77. The number of rotatable bonds is 5. The average molecular weight is 250 g/mol. The highest BCUT2D eigenvalue weighted by molar-refractivity contribution is 7.87. The van der Waals surface area contributed by atoms with Gasteiger partial charge in [0.2, 0.25) is 0 Å². The second-order valence-electron chi connectivity index (χ2n) is 2.62. The van der Waals surface area contributed by atoms with Crippen molar-refractivity contribution in [3.63, 3.8) is 0 Å². The molecule has 90 valence electrons. The molecule has 0 fully saturated rings. The fourth-order valence-corrected chi connectivity index (χ4v) is 1.50. The summed E-state index contributed by atoms with van der Waals surface area (Å²) in [5, 5.41) is 8.30. The average Bonchev–Trinajstić information content (AvgIpc) is 1.99. The number of carboxylic acids is 1. The van der Waals surface area contributed by atoms with E-state index in [4.69, 9.17) is 5.11 Å². The van der Waals surface area contributed by atoms with Crippen molar-refractivity contribution in [2.75, 3.05) is 6.54 Å². The molecule has 15 heavy (non-hydrogen) atoms. The van der Waals surface area contributed by atoms with E-state index in [1.165, 1.54) is 4.72 Å². The molecule has 0 saturated carbocycles. The lowest BCUT2D eigenvalue weighted by atomic mass is 10.4. The third kappa shape index (κ3) is 7.11. The highest BCUT2D eigenvalue weighted by Gasteiger charge is 2.30. The highest BCUT2D eigenvalue weighted by Crippen LogP contribution is 2.12. The molecular formula is C5H9F3N2O4S. The van der Waals surface area contributed by atoms with E-state index >= 15 is 0 Å². The zero-order chi connectivity index (χ0) is 12.3. The van der Waals surface area contributed by atoms with Crippen molar-refractivity contribution in [3.8, 4) is 0 Å². The van der Waals surface area contributed by atoms with E-state index in [9.17, 15) is 26.4 Å². The molecule has 1 atom stereocenters. The normalized spacial score (nSPS) is 14.9. The Hall–Kier alpha value is -0.870. The largest absolute Gasteiger partial charge is 0.480 e. The molecular weight excluding hydrogens is 241 g/mol. The summed E-state index contributed by atoms with van der Waals surface area (Å²) >= 11 is 0. The third-order valence-corrected chi connectivity index (χ3v) is 2.35. The van der Waals surface area contributed by atoms with Crippen molar-refractivity contribution >= 4 is 16.2 Å². The van der Waals surface area contributed by atoms with Gasteiger partial charge in [-0.25, -0.2) is 0 Å². The number of aliphatic carboxylic acids is 1. The summed E-state index contributed by atoms with van der Waals surface area (Å²) in [5.41, 5.74) is 0. The number of hydrogen-bond donors (Lipinski definition) is 3. The van der Waals surface area contributed by atoms with E-state index < -0.39 is 34.9 Å². The predicted molar refractivity (Wildman–Crippen MR) is 43.2 cm³/mol. The van der Waals surface area contributed by atoms with Gasteiger partial charge >= 0.3 is 12.1 Å². The first-order valence-electron chi connectivity index (χ1n) is 3.60. The van der Waals surface area contributed by atoms with E-state index in [1.807, 2.05) is 0 Å². The molecule has 0 saturated heterocycles. The molecule has 10 heteroatoms. The Kier molecular flexibility index (Phi) is 4.49. The van der Waals surface area contributed by atoms with Crippen molar-refractivity contribution in [2.24, 2.45) is 0 Å². The summed E-state index contributed by atoms with van der Waals surface area (Å²) in [6.07, 6.45) is -4.69. The van der Waals surface area contributed by atoms with Crippen molar-refractivity contribution in [1.82, 2.24) is 9.44 Å². The first-order chi connectivity index (χ1) is 6.53. The zero-order valence-electron chi connectivity index (χ0n) is 7.50. The summed E-state index contributed by atoms with van der Waals surface area (Å²) in [6.45, 7) is -0.774. The van der Waals surface area contributed by atoms with E-state index in [0.29, 0.717) is 0 Å². The van der Waals surface area contributed by atoms with Gasteiger partial charge in [-0.05, 0) is 6.92 Å². The molecule has 0 aromatic carbocycles. The first kappa shape index (κ1) is 14.1. The van der Waals surface area contributed by atoms with Gasteiger partial charge in [-0.1, -0.05) is 0 Å². The van der Waals surface area contributed by atoms with E-state index in [1.54, 1.807) is 0 Å². The molecule has 6 nitrogen and oxygen atoms in total. The Morgan fingerprint density at radius 1 is 1.47 bits per heavy atom. The third-order valence-electron chi connectivity index (χ3n) is 1.16. The van der Waals surface area contributed by atoms with Crippen LogP contribution in [0.2, 0.25) is 0 Å². The van der Waals surface area contributed by atoms with Gasteiger partial charge in [0.05, 0.1) is 0 Å². The Morgan fingerprint density at radius 2 is 1.93 bits per heavy atom. The van der Waals surface area contributed by atoms with E-state index in [2.05, 4.69) is 0 Å². The Morgan fingerprint density at radius 3 is 2.27 bits per heavy atom.